The molecule has 0 unspecified atom stereocenters. The van der Waals surface area contributed by atoms with E-state index in [1.807, 2.05) is 0 Å². The monoisotopic (exact) mass is 104 g/mol. The molecule has 0 aromatic carbocycles. The predicted molar refractivity (Wildman–Crippen MR) is 28.0 cm³/mol. The molecule has 0 radical (unpaired) electrons. The van der Waals surface area contributed by atoms with E-state index in [1.165, 1.54) is 12.8 Å². The van der Waals surface area contributed by atoms with Crippen LogP contribution in [0.25, 0.3) is 0 Å². The molecule has 36 valence electrons. The van der Waals surface area contributed by atoms with Gasteiger partial charge >= 0.3 is 0 Å². The van der Waals surface area contributed by atoms with Gasteiger partial charge in [-0.3, -0.25) is 0 Å². The number of halogens is 1. The molecular formula is C5H9Cl. The van der Waals surface area contributed by atoms with Crippen molar-refractivity contribution in [2.45, 2.75) is 25.1 Å². The molecule has 1 aliphatic carbocycles. The van der Waals surface area contributed by atoms with Crippen LogP contribution in [-0.2, 0) is 0 Å². The molecule has 0 N–H and O–H groups in total. The highest BCUT2D eigenvalue weighted by atomic mass is 35.5. The third kappa shape index (κ3) is 0.874. The van der Waals surface area contributed by atoms with E-state index in [0.29, 0.717) is 5.38 Å². The molecule has 0 saturated heterocycles. The van der Waals surface area contributed by atoms with Gasteiger partial charge in [-0.2, -0.15) is 0 Å². The van der Waals surface area contributed by atoms with Gasteiger partial charge in [0.15, 0.2) is 0 Å². The molecular weight excluding hydrogens is 95.5 g/mol. The topological polar surface area (TPSA) is 0 Å². The Hall–Kier alpha value is 0.290. The number of rotatable bonds is 1. The van der Waals surface area contributed by atoms with Crippen molar-refractivity contribution < 1.29 is 0 Å². The minimum absolute atomic E-state index is 0.435. The Morgan fingerprint density at radius 1 is 1.67 bits per heavy atom. The predicted octanol–water partition coefficient (Wildman–Crippen LogP) is 2.02. The smallest absolute Gasteiger partial charge is 0.0336 e. The zero-order chi connectivity index (χ0) is 4.57. The number of alkyl halides is 1. The molecule has 1 fully saturated rings. The lowest BCUT2D eigenvalue weighted by Crippen LogP contribution is -1.89. The van der Waals surface area contributed by atoms with Gasteiger partial charge < -0.3 is 0 Å². The van der Waals surface area contributed by atoms with Crippen LogP contribution in [0, 0.1) is 5.92 Å². The molecule has 1 heteroatoms. The van der Waals surface area contributed by atoms with E-state index in [-0.39, 0.29) is 0 Å². The highest BCUT2D eigenvalue weighted by molar-refractivity contribution is 6.20. The number of hydrogen-bond donors (Lipinski definition) is 0. The Bertz CT molecular complexity index is 45.9. The van der Waals surface area contributed by atoms with Crippen molar-refractivity contribution in [3.8, 4) is 0 Å². The molecule has 0 aromatic heterocycles. The standard InChI is InChI=1S/C5H9Cl/c1-4(6)5-2-3-5/h4-5H,2-3H2,1H3/t4-/m1/s1. The minimum atomic E-state index is 0.435. The third-order valence-corrected chi connectivity index (χ3v) is 1.63. The molecule has 6 heavy (non-hydrogen) atoms. The van der Waals surface area contributed by atoms with Crippen molar-refractivity contribution >= 4 is 11.6 Å². The van der Waals surface area contributed by atoms with E-state index in [2.05, 4.69) is 6.92 Å². The summed E-state index contributed by atoms with van der Waals surface area (Å²) in [4.78, 5) is 0. The Morgan fingerprint density at radius 3 is 2.17 bits per heavy atom. The maximum absolute atomic E-state index is 5.68. The first-order chi connectivity index (χ1) is 2.80. The average molecular weight is 105 g/mol. The second kappa shape index (κ2) is 1.42. The van der Waals surface area contributed by atoms with Gasteiger partial charge in [-0.05, 0) is 25.7 Å². The SMILES string of the molecule is C[C@@H](Cl)C1CC1. The summed E-state index contributed by atoms with van der Waals surface area (Å²) in [5, 5.41) is 0.435. The molecule has 1 saturated carbocycles. The molecule has 0 aromatic rings. The van der Waals surface area contributed by atoms with E-state index in [9.17, 15) is 0 Å². The van der Waals surface area contributed by atoms with Gasteiger partial charge in [0.1, 0.15) is 0 Å². The molecule has 1 rings (SSSR count). The lowest BCUT2D eigenvalue weighted by molar-refractivity contribution is 0.810. The first-order valence-corrected chi connectivity index (χ1v) is 2.88. The van der Waals surface area contributed by atoms with Crippen molar-refractivity contribution in [1.82, 2.24) is 0 Å². The van der Waals surface area contributed by atoms with Crippen LogP contribution < -0.4 is 0 Å². The van der Waals surface area contributed by atoms with Crippen LogP contribution in [0.3, 0.4) is 0 Å². The van der Waals surface area contributed by atoms with Crippen molar-refractivity contribution in [2.24, 2.45) is 5.92 Å². The van der Waals surface area contributed by atoms with Gasteiger partial charge in [-0.1, -0.05) is 0 Å². The zero-order valence-electron chi connectivity index (χ0n) is 3.95. The summed E-state index contributed by atoms with van der Waals surface area (Å²) >= 11 is 5.68. The summed E-state index contributed by atoms with van der Waals surface area (Å²) in [6.07, 6.45) is 2.73. The van der Waals surface area contributed by atoms with E-state index in [0.717, 1.165) is 5.92 Å². The van der Waals surface area contributed by atoms with Crippen molar-refractivity contribution in [3.05, 3.63) is 0 Å². The van der Waals surface area contributed by atoms with E-state index < -0.39 is 0 Å². The van der Waals surface area contributed by atoms with Crippen LogP contribution in [0.15, 0.2) is 0 Å². The lowest BCUT2D eigenvalue weighted by Gasteiger charge is -1.91. The van der Waals surface area contributed by atoms with Crippen LogP contribution >= 0.6 is 11.6 Å². The van der Waals surface area contributed by atoms with Crippen LogP contribution in [0.4, 0.5) is 0 Å². The second-order valence-electron chi connectivity index (χ2n) is 2.01. The molecule has 0 aliphatic heterocycles. The fourth-order valence-electron chi connectivity index (χ4n) is 0.556. The van der Waals surface area contributed by atoms with Gasteiger partial charge in [0.05, 0.1) is 0 Å². The minimum Gasteiger partial charge on any atom is -0.123 e. The Labute approximate surface area is 43.5 Å². The van der Waals surface area contributed by atoms with Crippen molar-refractivity contribution in [3.63, 3.8) is 0 Å². The normalized spacial score (nSPS) is 27.0. The van der Waals surface area contributed by atoms with Gasteiger partial charge in [0.25, 0.3) is 0 Å². The van der Waals surface area contributed by atoms with E-state index in [1.54, 1.807) is 0 Å². The maximum Gasteiger partial charge on any atom is 0.0336 e. The summed E-state index contributed by atoms with van der Waals surface area (Å²) in [6, 6.07) is 0. The maximum atomic E-state index is 5.68. The summed E-state index contributed by atoms with van der Waals surface area (Å²) in [7, 11) is 0. The first kappa shape index (κ1) is 4.45. The Kier molecular flexibility index (Phi) is 1.05. The number of hydrogen-bond acceptors (Lipinski definition) is 0. The molecule has 0 heterocycles. The Morgan fingerprint density at radius 2 is 2.17 bits per heavy atom. The second-order valence-corrected chi connectivity index (χ2v) is 2.70. The Balaban J connectivity index is 2.13. The molecule has 1 aliphatic rings. The lowest BCUT2D eigenvalue weighted by atomic mass is 10.3. The summed E-state index contributed by atoms with van der Waals surface area (Å²) in [6.45, 7) is 2.07. The van der Waals surface area contributed by atoms with Gasteiger partial charge in [0, 0.05) is 5.38 Å². The van der Waals surface area contributed by atoms with Crippen LogP contribution in [0.5, 0.6) is 0 Å². The summed E-state index contributed by atoms with van der Waals surface area (Å²) in [5.41, 5.74) is 0. The molecule has 0 amide bonds. The van der Waals surface area contributed by atoms with Crippen LogP contribution in [-0.4, -0.2) is 5.38 Å². The fraction of sp³-hybridized carbons (Fsp3) is 1.00. The molecule has 0 spiro atoms. The highest BCUT2D eigenvalue weighted by Gasteiger charge is 2.25. The quantitative estimate of drug-likeness (QED) is 0.447. The summed E-state index contributed by atoms with van der Waals surface area (Å²) in [5.74, 6) is 0.867. The van der Waals surface area contributed by atoms with E-state index >= 15 is 0 Å². The largest absolute Gasteiger partial charge is 0.123 e. The molecule has 0 nitrogen and oxygen atoms in total. The van der Waals surface area contributed by atoms with Gasteiger partial charge in [-0.15, -0.1) is 11.6 Å². The fourth-order valence-corrected chi connectivity index (χ4v) is 0.808. The first-order valence-electron chi connectivity index (χ1n) is 2.45. The third-order valence-electron chi connectivity index (χ3n) is 1.27. The van der Waals surface area contributed by atoms with Crippen molar-refractivity contribution in [1.29, 1.82) is 0 Å². The van der Waals surface area contributed by atoms with Gasteiger partial charge in [0.2, 0.25) is 0 Å². The molecule has 0 bridgehead atoms. The molecule has 1 atom stereocenters. The van der Waals surface area contributed by atoms with Crippen LogP contribution in [0.2, 0.25) is 0 Å². The van der Waals surface area contributed by atoms with Crippen molar-refractivity contribution in [2.75, 3.05) is 0 Å². The van der Waals surface area contributed by atoms with E-state index in [4.69, 9.17) is 11.6 Å². The highest BCUT2D eigenvalue weighted by Crippen LogP contribution is 2.34. The summed E-state index contributed by atoms with van der Waals surface area (Å²) < 4.78 is 0. The average Bonchev–Trinajstić information content (AvgIpc) is 2.06. The zero-order valence-corrected chi connectivity index (χ0v) is 4.70. The van der Waals surface area contributed by atoms with Gasteiger partial charge in [-0.25, -0.2) is 0 Å². The van der Waals surface area contributed by atoms with Crippen LogP contribution in [0.1, 0.15) is 19.8 Å².